The van der Waals surface area contributed by atoms with Crippen molar-refractivity contribution in [2.24, 2.45) is 0 Å². The van der Waals surface area contributed by atoms with Gasteiger partial charge in [-0.3, -0.25) is 4.79 Å². The van der Waals surface area contributed by atoms with Crippen molar-refractivity contribution in [2.45, 2.75) is 0 Å². The van der Waals surface area contributed by atoms with Crippen molar-refractivity contribution in [3.05, 3.63) is 36.4 Å². The van der Waals surface area contributed by atoms with E-state index in [0.29, 0.717) is 36.0 Å². The summed E-state index contributed by atoms with van der Waals surface area (Å²) in [6.07, 6.45) is 0. The summed E-state index contributed by atoms with van der Waals surface area (Å²) in [4.78, 5) is 14.5. The number of carbonyl (C=O) groups excluding carboxylic acids is 1. The number of nitrogens with zero attached hydrogens (tertiary/aromatic N) is 1. The van der Waals surface area contributed by atoms with Crippen molar-refractivity contribution in [3.63, 3.8) is 0 Å². The number of methoxy groups -OCH3 is 2. The monoisotopic (exact) mass is 343 g/mol. The van der Waals surface area contributed by atoms with Crippen molar-refractivity contribution in [3.8, 4) is 17.2 Å². The molecule has 0 fully saturated rings. The molecule has 1 aliphatic rings. The molecule has 0 saturated heterocycles. The van der Waals surface area contributed by atoms with Crippen LogP contribution in [0.25, 0.3) is 0 Å². The van der Waals surface area contributed by atoms with E-state index in [1.807, 2.05) is 17.0 Å². The normalized spacial score (nSPS) is 12.8. The summed E-state index contributed by atoms with van der Waals surface area (Å²) in [5.74, 6) is 1.77. The van der Waals surface area contributed by atoms with Crippen LogP contribution in [0.5, 0.6) is 17.2 Å². The molecule has 7 heteroatoms. The quantitative estimate of drug-likeness (QED) is 0.809. The maximum Gasteiger partial charge on any atom is 0.243 e. The molecule has 0 unspecified atom stereocenters. The van der Waals surface area contributed by atoms with Gasteiger partial charge in [-0.25, -0.2) is 0 Å². The van der Waals surface area contributed by atoms with Gasteiger partial charge in [0.05, 0.1) is 38.7 Å². The highest BCUT2D eigenvalue weighted by molar-refractivity contribution is 5.96. The first-order valence-corrected chi connectivity index (χ1v) is 7.90. The van der Waals surface area contributed by atoms with Crippen LogP contribution in [0.3, 0.4) is 0 Å². The van der Waals surface area contributed by atoms with Gasteiger partial charge in [0.15, 0.2) is 0 Å². The Labute approximate surface area is 146 Å². The molecule has 25 heavy (non-hydrogen) atoms. The molecule has 3 N–H and O–H groups in total. The Morgan fingerprint density at radius 3 is 2.84 bits per heavy atom. The number of nitrogens with two attached hydrogens (primary N) is 1. The summed E-state index contributed by atoms with van der Waals surface area (Å²) in [5.41, 5.74) is 7.87. The van der Waals surface area contributed by atoms with Crippen molar-refractivity contribution in [1.82, 2.24) is 0 Å². The summed E-state index contributed by atoms with van der Waals surface area (Å²) >= 11 is 0. The van der Waals surface area contributed by atoms with Gasteiger partial charge in [-0.05, 0) is 30.3 Å². The fraction of sp³-hybridized carbons (Fsp3) is 0.278. The third-order valence-electron chi connectivity index (χ3n) is 3.96. The summed E-state index contributed by atoms with van der Waals surface area (Å²) in [6.45, 7) is 1.31. The first kappa shape index (κ1) is 16.8. The average molecular weight is 343 g/mol. The molecule has 7 nitrogen and oxygen atoms in total. The molecular weight excluding hydrogens is 322 g/mol. The molecule has 0 bridgehead atoms. The maximum atomic E-state index is 12.5. The number of carbonyl (C=O) groups is 1. The molecule has 0 spiro atoms. The van der Waals surface area contributed by atoms with E-state index in [9.17, 15) is 4.79 Å². The standard InChI is InChI=1S/C18H21N3O4/c1-23-13-4-6-16(24-2)14(10-13)20-18(22)11-21-7-8-25-17-5-3-12(19)9-15(17)21/h3-6,9-10H,7-8,11,19H2,1-2H3,(H,20,22). The van der Waals surface area contributed by atoms with Crippen molar-refractivity contribution in [1.29, 1.82) is 0 Å². The van der Waals surface area contributed by atoms with E-state index in [-0.39, 0.29) is 12.5 Å². The summed E-state index contributed by atoms with van der Waals surface area (Å²) in [7, 11) is 3.13. The van der Waals surface area contributed by atoms with Crippen molar-refractivity contribution < 1.29 is 19.0 Å². The molecule has 0 radical (unpaired) electrons. The highest BCUT2D eigenvalue weighted by Gasteiger charge is 2.21. The van der Waals surface area contributed by atoms with Crippen LogP contribution in [0.2, 0.25) is 0 Å². The van der Waals surface area contributed by atoms with Gasteiger partial charge in [-0.2, -0.15) is 0 Å². The number of fused-ring (bicyclic) bond motifs is 1. The number of rotatable bonds is 5. The number of benzene rings is 2. The average Bonchev–Trinajstić information content (AvgIpc) is 2.62. The van der Waals surface area contributed by atoms with Crippen molar-refractivity contribution in [2.75, 3.05) is 49.9 Å². The highest BCUT2D eigenvalue weighted by atomic mass is 16.5. The molecule has 0 aliphatic carbocycles. The van der Waals surface area contributed by atoms with E-state index in [1.54, 1.807) is 38.5 Å². The summed E-state index contributed by atoms with van der Waals surface area (Å²) < 4.78 is 16.1. The molecule has 1 aliphatic heterocycles. The van der Waals surface area contributed by atoms with E-state index < -0.39 is 0 Å². The number of hydrogen-bond donors (Lipinski definition) is 2. The van der Waals surface area contributed by atoms with Crippen LogP contribution in [0.4, 0.5) is 17.1 Å². The lowest BCUT2D eigenvalue weighted by Gasteiger charge is -2.31. The van der Waals surface area contributed by atoms with Gasteiger partial charge in [0.1, 0.15) is 23.9 Å². The van der Waals surface area contributed by atoms with Gasteiger partial charge in [0, 0.05) is 11.8 Å². The van der Waals surface area contributed by atoms with E-state index in [1.165, 1.54) is 0 Å². The Balaban J connectivity index is 1.75. The van der Waals surface area contributed by atoms with E-state index in [2.05, 4.69) is 5.32 Å². The lowest BCUT2D eigenvalue weighted by atomic mass is 10.2. The van der Waals surface area contributed by atoms with E-state index in [4.69, 9.17) is 19.9 Å². The number of amides is 1. The third kappa shape index (κ3) is 3.71. The topological polar surface area (TPSA) is 86.0 Å². The Bertz CT molecular complexity index is 779. The predicted octanol–water partition coefficient (Wildman–Crippen LogP) is 2.12. The highest BCUT2D eigenvalue weighted by Crippen LogP contribution is 2.33. The zero-order valence-corrected chi connectivity index (χ0v) is 14.2. The van der Waals surface area contributed by atoms with Crippen LogP contribution in [0.15, 0.2) is 36.4 Å². The second-order valence-corrected chi connectivity index (χ2v) is 5.61. The van der Waals surface area contributed by atoms with E-state index >= 15 is 0 Å². The Morgan fingerprint density at radius 2 is 2.08 bits per heavy atom. The number of nitrogens with one attached hydrogen (secondary N) is 1. The van der Waals surface area contributed by atoms with Crippen LogP contribution in [-0.2, 0) is 4.79 Å². The molecule has 132 valence electrons. The number of hydrogen-bond acceptors (Lipinski definition) is 6. The van der Waals surface area contributed by atoms with E-state index in [0.717, 1.165) is 11.4 Å². The number of ether oxygens (including phenoxy) is 3. The van der Waals surface area contributed by atoms with Gasteiger partial charge >= 0.3 is 0 Å². The SMILES string of the molecule is COc1ccc(OC)c(NC(=O)CN2CCOc3ccc(N)cc32)c1. The summed E-state index contributed by atoms with van der Waals surface area (Å²) in [6, 6.07) is 10.7. The molecule has 0 saturated carbocycles. The van der Waals surface area contributed by atoms with Gasteiger partial charge in [-0.1, -0.05) is 0 Å². The molecule has 3 rings (SSSR count). The third-order valence-corrected chi connectivity index (χ3v) is 3.96. The van der Waals surface area contributed by atoms with Crippen LogP contribution >= 0.6 is 0 Å². The van der Waals surface area contributed by atoms with Crippen LogP contribution in [0.1, 0.15) is 0 Å². The largest absolute Gasteiger partial charge is 0.497 e. The van der Waals surface area contributed by atoms with Crippen molar-refractivity contribution >= 4 is 23.0 Å². The second kappa shape index (κ2) is 7.21. The first-order chi connectivity index (χ1) is 12.1. The molecule has 1 amide bonds. The van der Waals surface area contributed by atoms with Crippen LogP contribution in [-0.4, -0.2) is 39.8 Å². The molecular formula is C18H21N3O4. The lowest BCUT2D eigenvalue weighted by Crippen LogP contribution is -2.38. The maximum absolute atomic E-state index is 12.5. The Hall–Kier alpha value is -3.09. The molecule has 2 aromatic carbocycles. The molecule has 0 aromatic heterocycles. The number of nitrogen functional groups attached to an aromatic ring is 1. The molecule has 0 atom stereocenters. The lowest BCUT2D eigenvalue weighted by molar-refractivity contribution is -0.115. The zero-order chi connectivity index (χ0) is 17.8. The first-order valence-electron chi connectivity index (χ1n) is 7.90. The van der Waals surface area contributed by atoms with Gasteiger partial charge in [0.2, 0.25) is 5.91 Å². The van der Waals surface area contributed by atoms with Gasteiger partial charge in [-0.15, -0.1) is 0 Å². The Morgan fingerprint density at radius 1 is 1.24 bits per heavy atom. The summed E-state index contributed by atoms with van der Waals surface area (Å²) in [5, 5.41) is 2.87. The predicted molar refractivity (Wildman–Crippen MR) is 96.7 cm³/mol. The van der Waals surface area contributed by atoms with Gasteiger partial charge in [0.25, 0.3) is 0 Å². The molecule has 1 heterocycles. The fourth-order valence-corrected chi connectivity index (χ4v) is 2.73. The van der Waals surface area contributed by atoms with Crippen LogP contribution in [0, 0.1) is 0 Å². The second-order valence-electron chi connectivity index (χ2n) is 5.61. The Kier molecular flexibility index (Phi) is 4.83. The van der Waals surface area contributed by atoms with Crippen LogP contribution < -0.4 is 30.2 Å². The minimum absolute atomic E-state index is 0.165. The van der Waals surface area contributed by atoms with Gasteiger partial charge < -0.3 is 30.2 Å². The smallest absolute Gasteiger partial charge is 0.243 e. The molecule has 2 aromatic rings. The zero-order valence-electron chi connectivity index (χ0n) is 14.2. The fourth-order valence-electron chi connectivity index (χ4n) is 2.73. The minimum Gasteiger partial charge on any atom is -0.497 e. The number of anilines is 3. The minimum atomic E-state index is -0.165.